The number of hydrogen-bond acceptors (Lipinski definition) is 3. The predicted molar refractivity (Wildman–Crippen MR) is 77.5 cm³/mol. The predicted octanol–water partition coefficient (Wildman–Crippen LogP) is 4.15. The van der Waals surface area contributed by atoms with E-state index >= 15 is 0 Å². The Morgan fingerprint density at radius 2 is 2.31 bits per heavy atom. The van der Waals surface area contributed by atoms with Gasteiger partial charge in [-0.15, -0.1) is 11.3 Å². The summed E-state index contributed by atoms with van der Waals surface area (Å²) in [6.07, 6.45) is 4.07. The van der Waals surface area contributed by atoms with E-state index in [1.807, 2.05) is 11.3 Å². The van der Waals surface area contributed by atoms with E-state index in [1.165, 1.54) is 29.9 Å². The molecule has 0 amide bonds. The third-order valence-corrected chi connectivity index (χ3v) is 4.60. The summed E-state index contributed by atoms with van der Waals surface area (Å²) >= 11 is 3.92. The number of thiophene rings is 1. The molecule has 0 radical (unpaired) electrons. The van der Waals surface area contributed by atoms with E-state index in [2.05, 4.69) is 48.4 Å². The second kappa shape index (κ2) is 9.08. The third kappa shape index (κ3) is 6.56. The van der Waals surface area contributed by atoms with Crippen molar-refractivity contribution in [1.29, 1.82) is 0 Å². The maximum Gasteiger partial charge on any atom is 0.0300 e. The summed E-state index contributed by atoms with van der Waals surface area (Å²) in [4.78, 5) is 1.43. The summed E-state index contributed by atoms with van der Waals surface area (Å²) < 4.78 is 0. The molecule has 0 bridgehead atoms. The molecule has 1 heterocycles. The summed E-state index contributed by atoms with van der Waals surface area (Å²) in [6.45, 7) is 6.72. The molecular weight excluding hydrogens is 234 g/mol. The number of hydrogen-bond donors (Lipinski definition) is 1. The van der Waals surface area contributed by atoms with Gasteiger partial charge in [0.25, 0.3) is 0 Å². The Balaban J connectivity index is 1.95. The van der Waals surface area contributed by atoms with Gasteiger partial charge in [0.1, 0.15) is 0 Å². The van der Waals surface area contributed by atoms with Crippen molar-refractivity contribution >= 4 is 23.1 Å². The van der Waals surface area contributed by atoms with Gasteiger partial charge in [-0.2, -0.15) is 11.8 Å². The topological polar surface area (TPSA) is 12.0 Å². The zero-order valence-corrected chi connectivity index (χ0v) is 12.0. The van der Waals surface area contributed by atoms with Crippen molar-refractivity contribution in [3.63, 3.8) is 0 Å². The first-order chi connectivity index (χ1) is 7.83. The van der Waals surface area contributed by atoms with E-state index in [-0.39, 0.29) is 0 Å². The van der Waals surface area contributed by atoms with Gasteiger partial charge in [-0.1, -0.05) is 32.8 Å². The molecule has 1 N–H and O–H groups in total. The van der Waals surface area contributed by atoms with Crippen LogP contribution in [-0.2, 0) is 6.54 Å². The summed E-state index contributed by atoms with van der Waals surface area (Å²) in [5.41, 5.74) is 0. The van der Waals surface area contributed by atoms with Gasteiger partial charge in [-0.3, -0.25) is 0 Å². The number of nitrogens with one attached hydrogen (secondary N) is 1. The molecule has 1 rings (SSSR count). The normalized spacial score (nSPS) is 12.9. The van der Waals surface area contributed by atoms with E-state index in [0.717, 1.165) is 18.3 Å². The average molecular weight is 257 g/mol. The quantitative estimate of drug-likeness (QED) is 0.667. The van der Waals surface area contributed by atoms with Crippen molar-refractivity contribution < 1.29 is 0 Å². The molecule has 0 saturated heterocycles. The molecule has 0 aliphatic carbocycles. The molecule has 16 heavy (non-hydrogen) atoms. The van der Waals surface area contributed by atoms with Crippen LogP contribution in [0.5, 0.6) is 0 Å². The first-order valence-electron chi connectivity index (χ1n) is 6.17. The molecule has 1 atom stereocenters. The van der Waals surface area contributed by atoms with Crippen LogP contribution in [0.15, 0.2) is 17.5 Å². The van der Waals surface area contributed by atoms with Gasteiger partial charge in [-0.25, -0.2) is 0 Å². The Morgan fingerprint density at radius 1 is 1.44 bits per heavy atom. The fourth-order valence-electron chi connectivity index (χ4n) is 1.51. The minimum atomic E-state index is 0.733. The summed E-state index contributed by atoms with van der Waals surface area (Å²) in [7, 11) is 0. The lowest BCUT2D eigenvalue weighted by atomic mass is 10.3. The van der Waals surface area contributed by atoms with Gasteiger partial charge >= 0.3 is 0 Å². The zero-order valence-electron chi connectivity index (χ0n) is 10.4. The summed E-state index contributed by atoms with van der Waals surface area (Å²) in [5, 5.41) is 6.39. The molecule has 0 saturated carbocycles. The number of unbranched alkanes of at least 4 members (excludes halogenated alkanes) is 2. The van der Waals surface area contributed by atoms with Crippen molar-refractivity contribution in [3.8, 4) is 0 Å². The lowest BCUT2D eigenvalue weighted by molar-refractivity contribution is 0.689. The Morgan fingerprint density at radius 3 is 3.00 bits per heavy atom. The fourth-order valence-corrected chi connectivity index (χ4v) is 3.19. The van der Waals surface area contributed by atoms with E-state index in [9.17, 15) is 0 Å². The molecule has 0 aliphatic heterocycles. The molecule has 1 aromatic rings. The SMILES string of the molecule is CCCCCSC(C)CNCc1cccs1. The second-order valence-corrected chi connectivity index (χ2v) is 6.68. The molecule has 1 unspecified atom stereocenters. The van der Waals surface area contributed by atoms with E-state index in [0.29, 0.717) is 0 Å². The van der Waals surface area contributed by atoms with Crippen LogP contribution in [0.25, 0.3) is 0 Å². The van der Waals surface area contributed by atoms with Crippen LogP contribution in [0.4, 0.5) is 0 Å². The van der Waals surface area contributed by atoms with Gasteiger partial charge in [-0.05, 0) is 23.6 Å². The minimum Gasteiger partial charge on any atom is -0.311 e. The molecule has 0 fully saturated rings. The Hall–Kier alpha value is 0.01000. The maximum atomic E-state index is 3.52. The highest BCUT2D eigenvalue weighted by molar-refractivity contribution is 7.99. The van der Waals surface area contributed by atoms with Crippen molar-refractivity contribution in [3.05, 3.63) is 22.4 Å². The van der Waals surface area contributed by atoms with E-state index in [4.69, 9.17) is 0 Å². The van der Waals surface area contributed by atoms with Crippen LogP contribution in [0.2, 0.25) is 0 Å². The van der Waals surface area contributed by atoms with Crippen LogP contribution in [0, 0.1) is 0 Å². The van der Waals surface area contributed by atoms with Crippen LogP contribution in [0.1, 0.15) is 38.0 Å². The van der Waals surface area contributed by atoms with Crippen LogP contribution in [-0.4, -0.2) is 17.5 Å². The van der Waals surface area contributed by atoms with Crippen molar-refractivity contribution in [2.45, 2.75) is 44.9 Å². The summed E-state index contributed by atoms with van der Waals surface area (Å²) in [5.74, 6) is 1.32. The second-order valence-electron chi connectivity index (χ2n) is 4.10. The number of rotatable bonds is 9. The van der Waals surface area contributed by atoms with E-state index < -0.39 is 0 Å². The van der Waals surface area contributed by atoms with Gasteiger partial charge in [0.05, 0.1) is 0 Å². The fraction of sp³-hybridized carbons (Fsp3) is 0.692. The first kappa shape index (κ1) is 14.1. The Labute approximate surface area is 108 Å². The molecule has 92 valence electrons. The highest BCUT2D eigenvalue weighted by Gasteiger charge is 2.01. The van der Waals surface area contributed by atoms with Gasteiger partial charge in [0.15, 0.2) is 0 Å². The minimum absolute atomic E-state index is 0.733. The van der Waals surface area contributed by atoms with Crippen molar-refractivity contribution in [1.82, 2.24) is 5.32 Å². The molecule has 3 heteroatoms. The van der Waals surface area contributed by atoms with Crippen LogP contribution < -0.4 is 5.32 Å². The first-order valence-corrected chi connectivity index (χ1v) is 8.10. The molecule has 0 aromatic carbocycles. The van der Waals surface area contributed by atoms with Gasteiger partial charge < -0.3 is 5.32 Å². The largest absolute Gasteiger partial charge is 0.311 e. The summed E-state index contributed by atoms with van der Waals surface area (Å²) in [6, 6.07) is 4.31. The van der Waals surface area contributed by atoms with Crippen molar-refractivity contribution in [2.24, 2.45) is 0 Å². The lowest BCUT2D eigenvalue weighted by Crippen LogP contribution is -2.22. The highest BCUT2D eigenvalue weighted by Crippen LogP contribution is 2.13. The Bertz CT molecular complexity index is 246. The standard InChI is InChI=1S/C13H23NS2/c1-3-4-5-8-15-12(2)10-14-11-13-7-6-9-16-13/h6-7,9,12,14H,3-5,8,10-11H2,1-2H3. The monoisotopic (exact) mass is 257 g/mol. The van der Waals surface area contributed by atoms with Crippen molar-refractivity contribution in [2.75, 3.05) is 12.3 Å². The zero-order chi connectivity index (χ0) is 11.6. The highest BCUT2D eigenvalue weighted by atomic mass is 32.2. The smallest absolute Gasteiger partial charge is 0.0300 e. The number of thioether (sulfide) groups is 1. The van der Waals surface area contributed by atoms with Gasteiger partial charge in [0, 0.05) is 23.2 Å². The molecule has 1 nitrogen and oxygen atoms in total. The molecule has 0 aliphatic rings. The lowest BCUT2D eigenvalue weighted by Gasteiger charge is -2.11. The van der Waals surface area contributed by atoms with Crippen LogP contribution >= 0.6 is 23.1 Å². The third-order valence-electron chi connectivity index (χ3n) is 2.46. The molecule has 0 spiro atoms. The molecular formula is C13H23NS2. The maximum absolute atomic E-state index is 3.52. The molecule has 1 aromatic heterocycles. The van der Waals surface area contributed by atoms with Gasteiger partial charge in [0.2, 0.25) is 0 Å². The Kier molecular flexibility index (Phi) is 7.99. The van der Waals surface area contributed by atoms with Crippen LogP contribution in [0.3, 0.4) is 0 Å². The van der Waals surface area contributed by atoms with E-state index in [1.54, 1.807) is 0 Å². The average Bonchev–Trinajstić information content (AvgIpc) is 2.77.